The van der Waals surface area contributed by atoms with Gasteiger partial charge in [0.1, 0.15) is 11.6 Å². The predicted octanol–water partition coefficient (Wildman–Crippen LogP) is 6.46. The molecule has 2 aromatic carbocycles. The third-order valence-corrected chi connectivity index (χ3v) is 6.79. The van der Waals surface area contributed by atoms with Crippen LogP contribution in [0.4, 0.5) is 4.39 Å². The second-order valence-corrected chi connectivity index (χ2v) is 10.5. The average molecular weight is 374 g/mol. The molecule has 0 bridgehead atoms. The Bertz CT molecular complexity index is 792. The predicted molar refractivity (Wildman–Crippen MR) is 113 cm³/mol. The van der Waals surface area contributed by atoms with E-state index in [0.717, 1.165) is 34.8 Å². The van der Waals surface area contributed by atoms with Gasteiger partial charge in [0.15, 0.2) is 0 Å². The van der Waals surface area contributed by atoms with Gasteiger partial charge in [0, 0.05) is 16.0 Å². The smallest absolute Gasteiger partial charge is 0.130 e. The van der Waals surface area contributed by atoms with Crippen molar-refractivity contribution in [3.8, 4) is 5.75 Å². The van der Waals surface area contributed by atoms with E-state index in [4.69, 9.17) is 0 Å². The molecule has 0 aliphatic rings. The van der Waals surface area contributed by atoms with Gasteiger partial charge in [-0.05, 0) is 48.4 Å². The first-order valence-corrected chi connectivity index (χ1v) is 10.4. The minimum atomic E-state index is -0.291. The first-order chi connectivity index (χ1) is 12.0. The van der Waals surface area contributed by atoms with Gasteiger partial charge < -0.3 is 5.11 Å². The lowest BCUT2D eigenvalue weighted by atomic mass is 9.82. The van der Waals surface area contributed by atoms with Crippen LogP contribution in [0.3, 0.4) is 0 Å². The molecule has 2 aromatic rings. The molecule has 0 heterocycles. The van der Waals surface area contributed by atoms with Crippen LogP contribution in [0.5, 0.6) is 5.75 Å². The van der Waals surface area contributed by atoms with Gasteiger partial charge in [-0.15, -0.1) is 0 Å². The number of aromatic hydroxyl groups is 1. The molecule has 0 spiro atoms. The number of aryl methyl sites for hydroxylation is 2. The van der Waals surface area contributed by atoms with Crippen molar-refractivity contribution in [3.05, 3.63) is 58.4 Å². The number of rotatable bonds is 5. The first-order valence-electron chi connectivity index (χ1n) is 9.37. The van der Waals surface area contributed by atoms with Gasteiger partial charge in [-0.3, -0.25) is 0 Å². The molecule has 0 radical (unpaired) electrons. The fourth-order valence-corrected chi connectivity index (χ4v) is 5.07. The van der Waals surface area contributed by atoms with E-state index in [1.165, 1.54) is 5.56 Å². The van der Waals surface area contributed by atoms with Crippen molar-refractivity contribution in [2.75, 3.05) is 0 Å². The van der Waals surface area contributed by atoms with Crippen LogP contribution in [0.2, 0.25) is 0 Å². The summed E-state index contributed by atoms with van der Waals surface area (Å²) in [6.07, 6.45) is 1.88. The summed E-state index contributed by atoms with van der Waals surface area (Å²) >= 11 is 0. The Morgan fingerprint density at radius 1 is 1.04 bits per heavy atom. The summed E-state index contributed by atoms with van der Waals surface area (Å²) in [5, 5.41) is 11.3. The third kappa shape index (κ3) is 4.46. The Labute approximate surface area is 159 Å². The molecular formula is C23H32FOP. The van der Waals surface area contributed by atoms with Crippen molar-refractivity contribution < 1.29 is 9.50 Å². The van der Waals surface area contributed by atoms with Crippen molar-refractivity contribution in [3.63, 3.8) is 0 Å². The van der Waals surface area contributed by atoms with Crippen molar-refractivity contribution >= 4 is 13.9 Å². The zero-order valence-corrected chi connectivity index (χ0v) is 18.1. The molecule has 26 heavy (non-hydrogen) atoms. The van der Waals surface area contributed by atoms with Gasteiger partial charge in [-0.25, -0.2) is 4.39 Å². The van der Waals surface area contributed by atoms with Gasteiger partial charge >= 0.3 is 0 Å². The molecule has 2 unspecified atom stereocenters. The van der Waals surface area contributed by atoms with Crippen molar-refractivity contribution in [1.29, 1.82) is 0 Å². The molecule has 142 valence electrons. The number of benzene rings is 2. The van der Waals surface area contributed by atoms with E-state index in [1.54, 1.807) is 6.07 Å². The average Bonchev–Trinajstić information content (AvgIpc) is 2.51. The second kappa shape index (κ2) is 7.69. The molecule has 1 N–H and O–H groups in total. The largest absolute Gasteiger partial charge is 0.507 e. The topological polar surface area (TPSA) is 20.2 Å². The van der Waals surface area contributed by atoms with Gasteiger partial charge in [-0.1, -0.05) is 73.9 Å². The molecule has 3 heteroatoms. The zero-order valence-electron chi connectivity index (χ0n) is 17.1. The van der Waals surface area contributed by atoms with Crippen LogP contribution in [0, 0.1) is 19.7 Å². The molecule has 0 saturated heterocycles. The van der Waals surface area contributed by atoms with E-state index in [0.29, 0.717) is 5.75 Å². The maximum Gasteiger partial charge on any atom is 0.130 e. The Kier molecular flexibility index (Phi) is 6.18. The van der Waals surface area contributed by atoms with Crippen LogP contribution >= 0.6 is 8.58 Å². The van der Waals surface area contributed by atoms with Crippen molar-refractivity contribution in [1.82, 2.24) is 0 Å². The minimum Gasteiger partial charge on any atom is -0.507 e. The minimum absolute atomic E-state index is 0.00143. The summed E-state index contributed by atoms with van der Waals surface area (Å²) in [5.41, 5.74) is 3.98. The Morgan fingerprint density at radius 2 is 1.69 bits per heavy atom. The van der Waals surface area contributed by atoms with Gasteiger partial charge in [0.05, 0.1) is 0 Å². The van der Waals surface area contributed by atoms with E-state index < -0.39 is 0 Å². The summed E-state index contributed by atoms with van der Waals surface area (Å²) in [7, 11) is 0.266. The third-order valence-electron chi connectivity index (χ3n) is 5.05. The molecule has 0 fully saturated rings. The summed E-state index contributed by atoms with van der Waals surface area (Å²) < 4.78 is 14.5. The molecule has 2 atom stereocenters. The lowest BCUT2D eigenvalue weighted by Gasteiger charge is -2.33. The van der Waals surface area contributed by atoms with Gasteiger partial charge in [0.2, 0.25) is 0 Å². The summed E-state index contributed by atoms with van der Waals surface area (Å²) in [4.78, 5) is 0. The monoisotopic (exact) mass is 374 g/mol. The van der Waals surface area contributed by atoms with Crippen LogP contribution in [-0.4, -0.2) is 5.11 Å². The molecule has 0 aliphatic heterocycles. The SMILES string of the molecule is CCCC(C)(Pc1ccc(C)cc1F)c1cc(C(C)(C)C)cc(C)c1O. The van der Waals surface area contributed by atoms with E-state index in [2.05, 4.69) is 46.8 Å². The molecular weight excluding hydrogens is 342 g/mol. The molecule has 0 aromatic heterocycles. The fourth-order valence-electron chi connectivity index (χ4n) is 3.42. The summed E-state index contributed by atoms with van der Waals surface area (Å²) in [5.74, 6) is 0.211. The van der Waals surface area contributed by atoms with Gasteiger partial charge in [-0.2, -0.15) is 0 Å². The summed E-state index contributed by atoms with van der Waals surface area (Å²) in [6, 6.07) is 9.67. The maximum absolute atomic E-state index is 14.5. The molecule has 0 amide bonds. The number of phenolic OH excluding ortho intramolecular Hbond substituents is 1. The number of halogens is 1. The fraction of sp³-hybridized carbons (Fsp3) is 0.478. The van der Waals surface area contributed by atoms with Crippen molar-refractivity contribution in [2.45, 2.75) is 71.9 Å². The lowest BCUT2D eigenvalue weighted by Crippen LogP contribution is -2.22. The van der Waals surface area contributed by atoms with Crippen LogP contribution in [0.1, 0.15) is 69.7 Å². The van der Waals surface area contributed by atoms with Crippen LogP contribution in [0.15, 0.2) is 30.3 Å². The standard InChI is InChI=1S/C23H32FOP/c1-8-11-23(7,26-20-10-9-15(2)12-19(20)24)18-14-17(22(4,5)6)13-16(3)21(18)25/h9-10,12-14,25-26H,8,11H2,1-7H3. The van der Waals surface area contributed by atoms with E-state index in [-0.39, 0.29) is 25.0 Å². The Morgan fingerprint density at radius 3 is 2.23 bits per heavy atom. The number of hydrogen-bond acceptors (Lipinski definition) is 1. The van der Waals surface area contributed by atoms with Crippen LogP contribution in [0.25, 0.3) is 0 Å². The normalized spacial score (nSPS) is 14.8. The highest BCUT2D eigenvalue weighted by atomic mass is 31.1. The van der Waals surface area contributed by atoms with E-state index in [9.17, 15) is 9.50 Å². The second-order valence-electron chi connectivity index (χ2n) is 8.63. The quantitative estimate of drug-likeness (QED) is 0.595. The first kappa shape index (κ1) is 20.9. The van der Waals surface area contributed by atoms with E-state index in [1.807, 2.05) is 26.0 Å². The molecule has 0 saturated carbocycles. The highest BCUT2D eigenvalue weighted by molar-refractivity contribution is 7.48. The molecule has 0 aliphatic carbocycles. The maximum atomic E-state index is 14.5. The van der Waals surface area contributed by atoms with Gasteiger partial charge in [0.25, 0.3) is 0 Å². The number of hydrogen-bond donors (Lipinski definition) is 1. The highest BCUT2D eigenvalue weighted by Gasteiger charge is 2.32. The lowest BCUT2D eigenvalue weighted by molar-refractivity contribution is 0.447. The number of phenols is 1. The van der Waals surface area contributed by atoms with Crippen LogP contribution < -0.4 is 5.30 Å². The van der Waals surface area contributed by atoms with Crippen molar-refractivity contribution in [2.24, 2.45) is 0 Å². The van der Waals surface area contributed by atoms with Crippen LogP contribution in [-0.2, 0) is 10.6 Å². The van der Waals surface area contributed by atoms with E-state index >= 15 is 0 Å². The molecule has 2 rings (SSSR count). The zero-order chi connectivity index (χ0) is 19.7. The summed E-state index contributed by atoms with van der Waals surface area (Å²) in [6.45, 7) is 14.7. The Hall–Kier alpha value is -1.40. The molecule has 1 nitrogen and oxygen atoms in total. The highest BCUT2D eigenvalue weighted by Crippen LogP contribution is 2.49. The Balaban J connectivity index is 2.59.